The third-order valence-corrected chi connectivity index (χ3v) is 4.89. The summed E-state index contributed by atoms with van der Waals surface area (Å²) in [6.45, 7) is 1.79. The van der Waals surface area contributed by atoms with Gasteiger partial charge in [-0.1, -0.05) is 17.7 Å². The summed E-state index contributed by atoms with van der Waals surface area (Å²) in [7, 11) is 0. The number of nitrogens with zero attached hydrogens (tertiary/aromatic N) is 4. The molecule has 4 aromatic rings. The van der Waals surface area contributed by atoms with E-state index >= 15 is 0 Å². The summed E-state index contributed by atoms with van der Waals surface area (Å²) in [6, 6.07) is 18.0. The van der Waals surface area contributed by atoms with Crippen LogP contribution in [0.25, 0.3) is 0 Å². The van der Waals surface area contributed by atoms with Crippen LogP contribution in [-0.2, 0) is 0 Å². The molecule has 2 aromatic heterocycles. The maximum Gasteiger partial charge on any atom is 0.270 e. The lowest BCUT2D eigenvalue weighted by Crippen LogP contribution is -2.12. The zero-order valence-corrected chi connectivity index (χ0v) is 18.6. The Labute approximate surface area is 199 Å². The Morgan fingerprint density at radius 1 is 0.912 bits per heavy atom. The summed E-state index contributed by atoms with van der Waals surface area (Å²) in [4.78, 5) is 35.8. The fraction of sp³-hybridized carbons (Fsp3) is 0.0435. The molecule has 2 aromatic carbocycles. The second kappa shape index (κ2) is 9.92. The summed E-state index contributed by atoms with van der Waals surface area (Å²) in [6.07, 6.45) is 1.69. The Morgan fingerprint density at radius 3 is 2.26 bits per heavy atom. The highest BCUT2D eigenvalue weighted by molar-refractivity contribution is 6.34. The number of carbonyl (C=O) groups is 1. The summed E-state index contributed by atoms with van der Waals surface area (Å²) < 4.78 is 0. The van der Waals surface area contributed by atoms with Crippen LogP contribution in [0.5, 0.6) is 0 Å². The van der Waals surface area contributed by atoms with Gasteiger partial charge in [0.1, 0.15) is 23.3 Å². The van der Waals surface area contributed by atoms with Crippen LogP contribution in [0.2, 0.25) is 5.02 Å². The fourth-order valence-corrected chi connectivity index (χ4v) is 3.31. The van der Waals surface area contributed by atoms with Crippen molar-refractivity contribution < 1.29 is 9.72 Å². The van der Waals surface area contributed by atoms with E-state index in [1.54, 1.807) is 43.5 Å². The number of hydrogen-bond donors (Lipinski definition) is 3. The molecule has 34 heavy (non-hydrogen) atoms. The first-order valence-corrected chi connectivity index (χ1v) is 10.4. The number of nitro groups is 1. The van der Waals surface area contributed by atoms with E-state index in [1.807, 2.05) is 18.2 Å². The number of rotatable bonds is 7. The van der Waals surface area contributed by atoms with Crippen molar-refractivity contribution in [2.75, 3.05) is 16.0 Å². The van der Waals surface area contributed by atoms with Crippen molar-refractivity contribution in [3.8, 4) is 0 Å². The van der Waals surface area contributed by atoms with E-state index in [9.17, 15) is 14.9 Å². The third-order valence-electron chi connectivity index (χ3n) is 4.58. The second-order valence-electron chi connectivity index (χ2n) is 7.10. The van der Waals surface area contributed by atoms with Crippen molar-refractivity contribution in [1.29, 1.82) is 0 Å². The van der Waals surface area contributed by atoms with Crippen LogP contribution in [0, 0.1) is 17.0 Å². The number of benzene rings is 2. The van der Waals surface area contributed by atoms with E-state index < -0.39 is 10.8 Å². The molecule has 0 atom stereocenters. The number of nitro benzene ring substituents is 1. The largest absolute Gasteiger partial charge is 0.340 e. The predicted molar refractivity (Wildman–Crippen MR) is 130 cm³/mol. The molecule has 2 heterocycles. The maximum absolute atomic E-state index is 12.5. The van der Waals surface area contributed by atoms with Crippen LogP contribution in [0.1, 0.15) is 16.2 Å². The molecule has 3 N–H and O–H groups in total. The second-order valence-corrected chi connectivity index (χ2v) is 7.51. The molecule has 0 bridgehead atoms. The number of hydrogen-bond acceptors (Lipinski definition) is 8. The molecule has 11 heteroatoms. The lowest BCUT2D eigenvalue weighted by Gasteiger charge is -2.11. The highest BCUT2D eigenvalue weighted by atomic mass is 35.5. The number of non-ortho nitro benzene ring substituents is 1. The molecule has 0 aliphatic rings. The van der Waals surface area contributed by atoms with Crippen molar-refractivity contribution in [1.82, 2.24) is 15.0 Å². The third kappa shape index (κ3) is 5.61. The van der Waals surface area contributed by atoms with E-state index in [0.717, 1.165) is 11.8 Å². The summed E-state index contributed by atoms with van der Waals surface area (Å²) >= 11 is 6.03. The van der Waals surface area contributed by atoms with Crippen molar-refractivity contribution in [2.45, 2.75) is 6.92 Å². The number of aryl methyl sites for hydroxylation is 1. The van der Waals surface area contributed by atoms with Crippen LogP contribution >= 0.6 is 11.6 Å². The van der Waals surface area contributed by atoms with E-state index in [-0.39, 0.29) is 16.3 Å². The number of halogens is 1. The standard InChI is InChI=1S/C23H18ClN7O3/c1-14-26-21(13-22(27-14)30-20-4-2-3-11-25-20)28-15-5-7-16(8-6-15)29-23(32)18-10-9-17(31(33)34)12-19(18)24/h2-13H,1H3,(H,29,32)(H2,25,26,27,28,30). The van der Waals surface area contributed by atoms with Crippen LogP contribution < -0.4 is 16.0 Å². The minimum absolute atomic E-state index is 0.000709. The molecular formula is C23H18ClN7O3. The molecule has 0 spiro atoms. The number of carbonyl (C=O) groups excluding carboxylic acids is 1. The van der Waals surface area contributed by atoms with Crippen LogP contribution in [0.4, 0.5) is 34.5 Å². The van der Waals surface area contributed by atoms with Gasteiger partial charge in [0.25, 0.3) is 11.6 Å². The first-order valence-electron chi connectivity index (χ1n) is 10.0. The highest BCUT2D eigenvalue weighted by Crippen LogP contribution is 2.25. The van der Waals surface area contributed by atoms with E-state index in [1.165, 1.54) is 12.1 Å². The van der Waals surface area contributed by atoms with Gasteiger partial charge in [-0.05, 0) is 49.4 Å². The number of pyridine rings is 1. The average molecular weight is 476 g/mol. The number of amides is 1. The van der Waals surface area contributed by atoms with Gasteiger partial charge in [-0.15, -0.1) is 0 Å². The first kappa shape index (κ1) is 22.6. The highest BCUT2D eigenvalue weighted by Gasteiger charge is 2.15. The molecule has 0 aliphatic carbocycles. The van der Waals surface area contributed by atoms with Crippen molar-refractivity contribution in [2.24, 2.45) is 0 Å². The zero-order valence-electron chi connectivity index (χ0n) is 17.8. The van der Waals surface area contributed by atoms with Gasteiger partial charge < -0.3 is 16.0 Å². The smallest absolute Gasteiger partial charge is 0.270 e. The quantitative estimate of drug-likeness (QED) is 0.236. The summed E-state index contributed by atoms with van der Waals surface area (Å²) in [5, 5.41) is 19.9. The first-order chi connectivity index (χ1) is 16.4. The Kier molecular flexibility index (Phi) is 6.60. The van der Waals surface area contributed by atoms with Crippen LogP contribution in [0.3, 0.4) is 0 Å². The van der Waals surface area contributed by atoms with Crippen LogP contribution in [0.15, 0.2) is 72.9 Å². The number of anilines is 5. The lowest BCUT2D eigenvalue weighted by molar-refractivity contribution is -0.384. The van der Waals surface area contributed by atoms with Crippen molar-refractivity contribution >= 4 is 52.0 Å². The molecule has 0 saturated heterocycles. The molecule has 0 saturated carbocycles. The molecule has 4 rings (SSSR count). The fourth-order valence-electron chi connectivity index (χ4n) is 3.05. The molecule has 0 unspecified atom stereocenters. The van der Waals surface area contributed by atoms with E-state index in [2.05, 4.69) is 30.9 Å². The Morgan fingerprint density at radius 2 is 1.62 bits per heavy atom. The van der Waals surface area contributed by atoms with Crippen molar-refractivity contribution in [3.63, 3.8) is 0 Å². The maximum atomic E-state index is 12.5. The molecule has 0 aliphatic heterocycles. The molecule has 170 valence electrons. The normalized spacial score (nSPS) is 10.4. The van der Waals surface area contributed by atoms with E-state index in [4.69, 9.17) is 11.6 Å². The predicted octanol–water partition coefficient (Wildman–Crippen LogP) is 5.48. The monoisotopic (exact) mass is 475 g/mol. The minimum atomic E-state index is -0.573. The van der Waals surface area contributed by atoms with Gasteiger partial charge >= 0.3 is 0 Å². The minimum Gasteiger partial charge on any atom is -0.340 e. The molecule has 10 nitrogen and oxygen atoms in total. The van der Waals surface area contributed by atoms with Gasteiger partial charge in [0, 0.05) is 35.8 Å². The number of nitrogens with one attached hydrogen (secondary N) is 3. The van der Waals surface area contributed by atoms with Gasteiger partial charge in [-0.2, -0.15) is 0 Å². The zero-order chi connectivity index (χ0) is 24.1. The van der Waals surface area contributed by atoms with Crippen molar-refractivity contribution in [3.05, 3.63) is 99.5 Å². The van der Waals surface area contributed by atoms with Gasteiger partial charge in [-0.3, -0.25) is 14.9 Å². The van der Waals surface area contributed by atoms with Gasteiger partial charge in [0.15, 0.2) is 0 Å². The van der Waals surface area contributed by atoms with Crippen LogP contribution in [-0.4, -0.2) is 25.8 Å². The Balaban J connectivity index is 1.43. The molecule has 1 amide bonds. The number of aromatic nitrogens is 3. The van der Waals surface area contributed by atoms with Gasteiger partial charge in [0.05, 0.1) is 15.5 Å². The van der Waals surface area contributed by atoms with E-state index in [0.29, 0.717) is 29.0 Å². The molecule has 0 fully saturated rings. The van der Waals surface area contributed by atoms with Gasteiger partial charge in [0.2, 0.25) is 0 Å². The lowest BCUT2D eigenvalue weighted by atomic mass is 10.2. The Hall–Kier alpha value is -4.57. The Bertz CT molecular complexity index is 1350. The summed E-state index contributed by atoms with van der Waals surface area (Å²) in [5.74, 6) is 1.95. The van der Waals surface area contributed by atoms with Gasteiger partial charge in [-0.25, -0.2) is 15.0 Å². The SMILES string of the molecule is Cc1nc(Nc2ccc(NC(=O)c3ccc([N+](=O)[O-])cc3Cl)cc2)cc(Nc2ccccn2)n1. The molecule has 0 radical (unpaired) electrons. The average Bonchev–Trinajstić information content (AvgIpc) is 2.80. The summed E-state index contributed by atoms with van der Waals surface area (Å²) in [5.41, 5.74) is 1.23. The molecular weight excluding hydrogens is 458 g/mol. The topological polar surface area (TPSA) is 135 Å².